The first-order valence-corrected chi connectivity index (χ1v) is 5.71. The number of hydrogen-bond donors (Lipinski definition) is 0. The van der Waals surface area contributed by atoms with Crippen LogP contribution in [0.15, 0.2) is 42.5 Å². The van der Waals surface area contributed by atoms with Gasteiger partial charge >= 0.3 is 0 Å². The smallest absolute Gasteiger partial charge is 0.162 e. The molecule has 0 saturated carbocycles. The van der Waals surface area contributed by atoms with Crippen molar-refractivity contribution >= 4 is 5.78 Å². The lowest BCUT2D eigenvalue weighted by molar-refractivity contribution is 0.0988. The number of rotatable bonds is 3. The Hall–Kier alpha value is -2.03. The third-order valence-electron chi connectivity index (χ3n) is 2.78. The molecule has 0 aliphatic heterocycles. The third-order valence-corrected chi connectivity index (χ3v) is 2.78. The summed E-state index contributed by atoms with van der Waals surface area (Å²) in [7, 11) is 0. The number of Topliss-reactive ketones (excluding diaryl/α,β-unsaturated/α-hetero) is 1. The molecule has 0 aromatic heterocycles. The van der Waals surface area contributed by atoms with Crippen LogP contribution in [-0.2, 0) is 0 Å². The Morgan fingerprint density at radius 2 is 1.56 bits per heavy atom. The van der Waals surface area contributed by atoms with Crippen LogP contribution >= 0.6 is 0 Å². The molecule has 0 unspecified atom stereocenters. The monoisotopic (exact) mass is 246 g/mol. The van der Waals surface area contributed by atoms with Crippen LogP contribution in [0.25, 0.3) is 11.1 Å². The van der Waals surface area contributed by atoms with E-state index in [9.17, 15) is 13.6 Å². The highest BCUT2D eigenvalue weighted by atomic mass is 19.1. The molecule has 0 atom stereocenters. The van der Waals surface area contributed by atoms with Gasteiger partial charge < -0.3 is 0 Å². The van der Waals surface area contributed by atoms with Crippen molar-refractivity contribution in [3.05, 3.63) is 59.7 Å². The van der Waals surface area contributed by atoms with Crippen LogP contribution in [0, 0.1) is 11.6 Å². The Kier molecular flexibility index (Phi) is 3.51. The summed E-state index contributed by atoms with van der Waals surface area (Å²) in [5.41, 5.74) is 0.921. The summed E-state index contributed by atoms with van der Waals surface area (Å²) in [5.74, 6) is -1.20. The minimum absolute atomic E-state index is 0.00977. The molecule has 0 fully saturated rings. The molecule has 0 bridgehead atoms. The molecule has 0 heterocycles. The van der Waals surface area contributed by atoms with Gasteiger partial charge in [0.25, 0.3) is 0 Å². The molecule has 0 N–H and O–H groups in total. The predicted molar refractivity (Wildman–Crippen MR) is 66.4 cm³/mol. The Balaban J connectivity index is 2.44. The molecule has 0 radical (unpaired) electrons. The molecule has 1 nitrogen and oxygen atoms in total. The Morgan fingerprint density at radius 1 is 1.00 bits per heavy atom. The molecular weight excluding hydrogens is 234 g/mol. The van der Waals surface area contributed by atoms with Gasteiger partial charge in [-0.25, -0.2) is 8.78 Å². The summed E-state index contributed by atoms with van der Waals surface area (Å²) in [6.45, 7) is 1.77. The van der Waals surface area contributed by atoms with Gasteiger partial charge in [0.2, 0.25) is 0 Å². The van der Waals surface area contributed by atoms with Crippen molar-refractivity contribution in [2.45, 2.75) is 13.3 Å². The van der Waals surface area contributed by atoms with Crippen LogP contribution in [0.1, 0.15) is 23.7 Å². The summed E-state index contributed by atoms with van der Waals surface area (Å²) in [5, 5.41) is 0. The Labute approximate surface area is 104 Å². The molecule has 0 saturated heterocycles. The van der Waals surface area contributed by atoms with E-state index in [2.05, 4.69) is 0 Å². The topological polar surface area (TPSA) is 17.1 Å². The van der Waals surface area contributed by atoms with E-state index in [1.54, 1.807) is 31.2 Å². The highest BCUT2D eigenvalue weighted by Crippen LogP contribution is 2.26. The molecule has 0 spiro atoms. The van der Waals surface area contributed by atoms with E-state index < -0.39 is 11.6 Å². The van der Waals surface area contributed by atoms with Gasteiger partial charge in [-0.3, -0.25) is 4.79 Å². The second-order valence-corrected chi connectivity index (χ2v) is 3.95. The minimum Gasteiger partial charge on any atom is -0.294 e. The molecule has 2 aromatic carbocycles. The van der Waals surface area contributed by atoms with Crippen LogP contribution in [0.4, 0.5) is 8.78 Å². The van der Waals surface area contributed by atoms with E-state index in [-0.39, 0.29) is 11.3 Å². The van der Waals surface area contributed by atoms with Crippen LogP contribution in [0.3, 0.4) is 0 Å². The lowest BCUT2D eigenvalue weighted by Gasteiger charge is -2.06. The van der Waals surface area contributed by atoms with Gasteiger partial charge in [0.05, 0.1) is 5.56 Å². The molecule has 0 aliphatic rings. The molecule has 0 amide bonds. The van der Waals surface area contributed by atoms with Crippen molar-refractivity contribution < 1.29 is 13.6 Å². The molecule has 18 heavy (non-hydrogen) atoms. The number of carbonyl (C=O) groups is 1. The highest BCUT2D eigenvalue weighted by molar-refractivity contribution is 5.96. The summed E-state index contributed by atoms with van der Waals surface area (Å²) in [6, 6.07) is 10.0. The van der Waals surface area contributed by atoms with E-state index in [4.69, 9.17) is 0 Å². The zero-order valence-corrected chi connectivity index (χ0v) is 9.91. The molecule has 92 valence electrons. The van der Waals surface area contributed by atoms with Gasteiger partial charge in [0.15, 0.2) is 5.78 Å². The third kappa shape index (κ3) is 2.30. The Bertz CT molecular complexity index is 553. The van der Waals surface area contributed by atoms with Crippen molar-refractivity contribution in [2.75, 3.05) is 0 Å². The van der Waals surface area contributed by atoms with Crippen molar-refractivity contribution in [3.8, 4) is 11.1 Å². The normalized spacial score (nSPS) is 10.4. The zero-order valence-electron chi connectivity index (χ0n) is 9.91. The number of hydrogen-bond acceptors (Lipinski definition) is 1. The van der Waals surface area contributed by atoms with Crippen LogP contribution in [-0.4, -0.2) is 5.78 Å². The van der Waals surface area contributed by atoms with Crippen molar-refractivity contribution in [2.24, 2.45) is 0 Å². The van der Waals surface area contributed by atoms with Gasteiger partial charge in [0.1, 0.15) is 11.6 Å². The fourth-order valence-electron chi connectivity index (χ4n) is 1.80. The van der Waals surface area contributed by atoms with E-state index in [0.717, 1.165) is 0 Å². The largest absolute Gasteiger partial charge is 0.294 e. The second-order valence-electron chi connectivity index (χ2n) is 3.95. The van der Waals surface area contributed by atoms with E-state index in [1.165, 1.54) is 18.2 Å². The molecule has 2 aromatic rings. The molecule has 2 rings (SSSR count). The number of carbonyl (C=O) groups excluding carboxylic acids is 1. The fourth-order valence-corrected chi connectivity index (χ4v) is 1.80. The maximum atomic E-state index is 13.6. The van der Waals surface area contributed by atoms with Crippen molar-refractivity contribution in [3.63, 3.8) is 0 Å². The van der Waals surface area contributed by atoms with Crippen molar-refractivity contribution in [1.82, 2.24) is 0 Å². The van der Waals surface area contributed by atoms with E-state index in [1.807, 2.05) is 0 Å². The lowest BCUT2D eigenvalue weighted by Crippen LogP contribution is -1.96. The molecule has 3 heteroatoms. The molecular formula is C15H12F2O. The van der Waals surface area contributed by atoms with Crippen molar-refractivity contribution in [1.29, 1.82) is 0 Å². The number of halogens is 2. The zero-order chi connectivity index (χ0) is 13.1. The number of benzene rings is 2. The highest BCUT2D eigenvalue weighted by Gasteiger charge is 2.11. The minimum atomic E-state index is -0.607. The summed E-state index contributed by atoms with van der Waals surface area (Å²) >= 11 is 0. The quantitative estimate of drug-likeness (QED) is 0.741. The van der Waals surface area contributed by atoms with Gasteiger partial charge in [0, 0.05) is 12.0 Å². The molecule has 0 aliphatic carbocycles. The average molecular weight is 246 g/mol. The van der Waals surface area contributed by atoms with E-state index in [0.29, 0.717) is 17.5 Å². The fraction of sp³-hybridized carbons (Fsp3) is 0.133. The van der Waals surface area contributed by atoms with Gasteiger partial charge in [-0.05, 0) is 17.7 Å². The van der Waals surface area contributed by atoms with Crippen LogP contribution in [0.2, 0.25) is 0 Å². The Morgan fingerprint density at radius 3 is 2.06 bits per heavy atom. The maximum absolute atomic E-state index is 13.6. The van der Waals surface area contributed by atoms with Gasteiger partial charge in [-0.1, -0.05) is 37.3 Å². The number of ketones is 1. The first-order valence-electron chi connectivity index (χ1n) is 5.71. The first-order chi connectivity index (χ1) is 8.63. The van der Waals surface area contributed by atoms with Gasteiger partial charge in [-0.15, -0.1) is 0 Å². The second kappa shape index (κ2) is 5.08. The standard InChI is InChI=1S/C15H12F2O/c1-2-14(18)10-6-8-11(9-7-10)15-12(16)4-3-5-13(15)17/h3-9H,2H2,1H3. The summed E-state index contributed by atoms with van der Waals surface area (Å²) in [6.07, 6.45) is 0.410. The maximum Gasteiger partial charge on any atom is 0.162 e. The lowest BCUT2D eigenvalue weighted by atomic mass is 10.0. The van der Waals surface area contributed by atoms with Crippen LogP contribution < -0.4 is 0 Å². The summed E-state index contributed by atoms with van der Waals surface area (Å²) in [4.78, 5) is 11.4. The average Bonchev–Trinajstić information content (AvgIpc) is 2.38. The first kappa shape index (κ1) is 12.4. The SMILES string of the molecule is CCC(=O)c1ccc(-c2c(F)cccc2F)cc1. The summed E-state index contributed by atoms with van der Waals surface area (Å²) < 4.78 is 27.1. The van der Waals surface area contributed by atoms with Crippen LogP contribution in [0.5, 0.6) is 0 Å². The van der Waals surface area contributed by atoms with Gasteiger partial charge in [-0.2, -0.15) is 0 Å². The van der Waals surface area contributed by atoms with E-state index >= 15 is 0 Å². The predicted octanol–water partition coefficient (Wildman–Crippen LogP) is 4.22.